The maximum absolute atomic E-state index is 12.6. The van der Waals surface area contributed by atoms with Crippen LogP contribution < -0.4 is 5.32 Å². The van der Waals surface area contributed by atoms with Crippen LogP contribution in [0.15, 0.2) is 72.8 Å². The predicted molar refractivity (Wildman–Crippen MR) is 117 cm³/mol. The molecule has 28 heavy (non-hydrogen) atoms. The van der Waals surface area contributed by atoms with E-state index in [4.69, 9.17) is 23.2 Å². The lowest BCUT2D eigenvalue weighted by Gasteiger charge is -2.09. The monoisotopic (exact) mass is 408 g/mol. The summed E-state index contributed by atoms with van der Waals surface area (Å²) in [7, 11) is 0. The zero-order valence-corrected chi connectivity index (χ0v) is 16.8. The summed E-state index contributed by atoms with van der Waals surface area (Å²) in [5.41, 5.74) is 4.50. The fraction of sp³-hybridized carbons (Fsp3) is 0.0870. The van der Waals surface area contributed by atoms with Crippen molar-refractivity contribution in [1.82, 2.24) is 4.57 Å². The van der Waals surface area contributed by atoms with Crippen molar-refractivity contribution in [2.75, 3.05) is 5.32 Å². The van der Waals surface area contributed by atoms with E-state index < -0.39 is 0 Å². The molecule has 0 saturated heterocycles. The molecule has 0 atom stereocenters. The average molecular weight is 409 g/mol. The number of amides is 1. The maximum Gasteiger partial charge on any atom is 0.257 e. The van der Waals surface area contributed by atoms with E-state index in [1.54, 1.807) is 18.2 Å². The average Bonchev–Trinajstić information content (AvgIpc) is 3.08. The molecule has 1 N–H and O–H groups in total. The number of fused-ring (bicyclic) bond motifs is 1. The Hall–Kier alpha value is -2.75. The molecule has 4 rings (SSSR count). The molecular weight excluding hydrogens is 391 g/mol. The first-order valence-corrected chi connectivity index (χ1v) is 9.77. The Morgan fingerprint density at radius 1 is 0.964 bits per heavy atom. The van der Waals surface area contributed by atoms with Gasteiger partial charge in [0, 0.05) is 33.9 Å². The number of aryl methyl sites for hydroxylation is 1. The number of hydrogen-bond donors (Lipinski definition) is 1. The highest BCUT2D eigenvalue weighted by Gasteiger charge is 2.13. The second kappa shape index (κ2) is 7.70. The smallest absolute Gasteiger partial charge is 0.257 e. The first-order chi connectivity index (χ1) is 13.6. The molecule has 0 fully saturated rings. The van der Waals surface area contributed by atoms with E-state index in [9.17, 15) is 4.79 Å². The Morgan fingerprint density at radius 3 is 2.50 bits per heavy atom. The van der Waals surface area contributed by atoms with E-state index in [0.717, 1.165) is 28.7 Å². The fourth-order valence-electron chi connectivity index (χ4n) is 3.41. The van der Waals surface area contributed by atoms with E-state index >= 15 is 0 Å². The molecule has 0 aliphatic heterocycles. The Morgan fingerprint density at radius 2 is 1.75 bits per heavy atom. The van der Waals surface area contributed by atoms with Crippen LogP contribution in [0.5, 0.6) is 0 Å². The third-order valence-corrected chi connectivity index (χ3v) is 5.28. The summed E-state index contributed by atoms with van der Waals surface area (Å²) in [5.74, 6) is -0.287. The highest BCUT2D eigenvalue weighted by atomic mass is 35.5. The first kappa shape index (κ1) is 18.6. The third kappa shape index (κ3) is 3.51. The molecule has 1 amide bonds. The Balaban J connectivity index is 1.70. The number of nitrogens with zero attached hydrogens (tertiary/aromatic N) is 1. The number of hydrogen-bond acceptors (Lipinski definition) is 1. The van der Waals surface area contributed by atoms with Crippen LogP contribution in [-0.2, 0) is 6.54 Å². The van der Waals surface area contributed by atoms with Gasteiger partial charge in [0.05, 0.1) is 10.6 Å². The van der Waals surface area contributed by atoms with Crippen LogP contribution in [0.25, 0.3) is 22.2 Å². The molecule has 5 heteroatoms. The normalized spacial score (nSPS) is 11.0. The van der Waals surface area contributed by atoms with Gasteiger partial charge in [-0.2, -0.15) is 0 Å². The molecule has 1 aromatic heterocycles. The highest BCUT2D eigenvalue weighted by Crippen LogP contribution is 2.30. The molecule has 0 bridgehead atoms. The van der Waals surface area contributed by atoms with E-state index in [2.05, 4.69) is 35.0 Å². The molecule has 3 nitrogen and oxygen atoms in total. The lowest BCUT2D eigenvalue weighted by atomic mass is 10.1. The number of rotatable bonds is 4. The molecule has 0 aliphatic rings. The van der Waals surface area contributed by atoms with Crippen LogP contribution in [0.1, 0.15) is 17.3 Å². The number of benzene rings is 3. The van der Waals surface area contributed by atoms with Crippen molar-refractivity contribution < 1.29 is 4.79 Å². The van der Waals surface area contributed by atoms with Gasteiger partial charge in [-0.25, -0.2) is 0 Å². The van der Waals surface area contributed by atoms with Gasteiger partial charge in [0.2, 0.25) is 0 Å². The van der Waals surface area contributed by atoms with Crippen LogP contribution in [-0.4, -0.2) is 10.5 Å². The molecule has 3 aromatic carbocycles. The summed E-state index contributed by atoms with van der Waals surface area (Å²) < 4.78 is 2.27. The third-order valence-electron chi connectivity index (χ3n) is 4.72. The van der Waals surface area contributed by atoms with Gasteiger partial charge >= 0.3 is 0 Å². The number of carbonyl (C=O) groups is 1. The molecule has 1 heterocycles. The number of nitrogens with one attached hydrogen (secondary N) is 1. The first-order valence-electron chi connectivity index (χ1n) is 9.02. The summed E-state index contributed by atoms with van der Waals surface area (Å²) in [6, 6.07) is 23.2. The molecule has 0 spiro atoms. The van der Waals surface area contributed by atoms with Gasteiger partial charge in [0.25, 0.3) is 5.91 Å². The molecule has 140 valence electrons. The Labute approximate surface area is 173 Å². The van der Waals surface area contributed by atoms with Crippen molar-refractivity contribution in [2.45, 2.75) is 13.5 Å². The van der Waals surface area contributed by atoms with E-state index in [1.165, 1.54) is 0 Å². The quantitative estimate of drug-likeness (QED) is 0.391. The van der Waals surface area contributed by atoms with Gasteiger partial charge in [-0.05, 0) is 55.0 Å². The second-order valence-corrected chi connectivity index (χ2v) is 7.34. The molecule has 0 unspecified atom stereocenters. The molecule has 4 aromatic rings. The zero-order chi connectivity index (χ0) is 19.7. The Bertz CT molecular complexity index is 1170. The van der Waals surface area contributed by atoms with Gasteiger partial charge in [0.15, 0.2) is 0 Å². The van der Waals surface area contributed by atoms with Gasteiger partial charge in [-0.15, -0.1) is 0 Å². The van der Waals surface area contributed by atoms with Gasteiger partial charge in [0.1, 0.15) is 0 Å². The zero-order valence-electron chi connectivity index (χ0n) is 15.2. The topological polar surface area (TPSA) is 34.0 Å². The van der Waals surface area contributed by atoms with Gasteiger partial charge in [-0.3, -0.25) is 4.79 Å². The van der Waals surface area contributed by atoms with E-state index in [-0.39, 0.29) is 5.91 Å². The van der Waals surface area contributed by atoms with Crippen molar-refractivity contribution in [3.63, 3.8) is 0 Å². The molecule has 0 radical (unpaired) electrons. The number of halogens is 2. The number of anilines is 1. The molecular formula is C23H18Cl2N2O. The number of aromatic nitrogens is 1. The predicted octanol–water partition coefficient (Wildman–Crippen LogP) is 6.89. The SMILES string of the molecule is CCn1c(-c2ccccc2)cc2cc(NC(=O)c3cc(Cl)ccc3Cl)ccc21. The highest BCUT2D eigenvalue weighted by molar-refractivity contribution is 6.36. The van der Waals surface area contributed by atoms with Crippen molar-refractivity contribution >= 4 is 45.7 Å². The Kier molecular flexibility index (Phi) is 5.12. The summed E-state index contributed by atoms with van der Waals surface area (Å²) in [6.45, 7) is 2.99. The van der Waals surface area contributed by atoms with Crippen LogP contribution >= 0.6 is 23.2 Å². The standard InChI is InChI=1S/C23H18Cl2N2O/c1-2-27-21-11-9-18(26-23(28)19-14-17(24)8-10-20(19)25)12-16(21)13-22(27)15-6-4-3-5-7-15/h3-14H,2H2,1H3,(H,26,28). The minimum atomic E-state index is -0.287. The lowest BCUT2D eigenvalue weighted by molar-refractivity contribution is 0.102. The fourth-order valence-corrected chi connectivity index (χ4v) is 3.78. The minimum absolute atomic E-state index is 0.287. The van der Waals surface area contributed by atoms with Crippen LogP contribution in [0.4, 0.5) is 5.69 Å². The summed E-state index contributed by atoms with van der Waals surface area (Å²) in [4.78, 5) is 12.6. The van der Waals surface area contributed by atoms with E-state index in [0.29, 0.717) is 21.3 Å². The van der Waals surface area contributed by atoms with Crippen molar-refractivity contribution in [3.8, 4) is 11.3 Å². The van der Waals surface area contributed by atoms with Gasteiger partial charge < -0.3 is 9.88 Å². The molecule has 0 aliphatic carbocycles. The minimum Gasteiger partial charge on any atom is -0.341 e. The lowest BCUT2D eigenvalue weighted by Crippen LogP contribution is -2.12. The van der Waals surface area contributed by atoms with Crippen LogP contribution in [0.2, 0.25) is 10.0 Å². The van der Waals surface area contributed by atoms with Crippen molar-refractivity contribution in [3.05, 3.63) is 88.4 Å². The number of carbonyl (C=O) groups excluding carboxylic acids is 1. The second-order valence-electron chi connectivity index (χ2n) is 6.49. The maximum atomic E-state index is 12.6. The van der Waals surface area contributed by atoms with Crippen LogP contribution in [0.3, 0.4) is 0 Å². The summed E-state index contributed by atoms with van der Waals surface area (Å²) >= 11 is 12.1. The van der Waals surface area contributed by atoms with Crippen molar-refractivity contribution in [1.29, 1.82) is 0 Å². The molecule has 0 saturated carbocycles. The van der Waals surface area contributed by atoms with Crippen molar-refractivity contribution in [2.24, 2.45) is 0 Å². The van der Waals surface area contributed by atoms with Crippen LogP contribution in [0, 0.1) is 0 Å². The summed E-state index contributed by atoms with van der Waals surface area (Å²) in [6.07, 6.45) is 0. The largest absolute Gasteiger partial charge is 0.341 e. The van der Waals surface area contributed by atoms with E-state index in [1.807, 2.05) is 36.4 Å². The van der Waals surface area contributed by atoms with Gasteiger partial charge in [-0.1, -0.05) is 53.5 Å². The summed E-state index contributed by atoms with van der Waals surface area (Å²) in [5, 5.41) is 4.82.